The van der Waals surface area contributed by atoms with Crippen LogP contribution in [0, 0.1) is 0 Å². The van der Waals surface area contributed by atoms with Crippen molar-refractivity contribution >= 4 is 11.8 Å². The second kappa shape index (κ2) is 10.5. The van der Waals surface area contributed by atoms with Crippen molar-refractivity contribution in [1.82, 2.24) is 10.6 Å². The van der Waals surface area contributed by atoms with E-state index in [2.05, 4.69) is 10.6 Å². The number of carbonyl (C=O) groups is 2. The minimum absolute atomic E-state index is 0.0000927. The second-order valence-corrected chi connectivity index (χ2v) is 6.90. The van der Waals surface area contributed by atoms with Gasteiger partial charge in [0.1, 0.15) is 0 Å². The molecule has 2 aromatic carbocycles. The third-order valence-corrected chi connectivity index (χ3v) is 4.82. The minimum Gasteiger partial charge on any atom is -0.354 e. The molecule has 0 aliphatic heterocycles. The van der Waals surface area contributed by atoms with Gasteiger partial charge in [-0.25, -0.2) is 0 Å². The summed E-state index contributed by atoms with van der Waals surface area (Å²) in [6.07, 6.45) is 1.48. The van der Waals surface area contributed by atoms with Crippen molar-refractivity contribution in [3.8, 4) is 0 Å². The van der Waals surface area contributed by atoms with Gasteiger partial charge in [-0.2, -0.15) is 0 Å². The van der Waals surface area contributed by atoms with Crippen LogP contribution in [0.1, 0.15) is 56.6 Å². The summed E-state index contributed by atoms with van der Waals surface area (Å²) < 4.78 is 0. The standard InChI is InChI=1S/C23H30N2O2/c1-4-20(18-12-8-6-9-13-18)22(26)24-16-17(3)25-23(27)21(5-2)19-14-10-7-11-15-19/h6-15,17,20-21H,4-5,16H2,1-3H3,(H,24,26)(H,25,27)/t17-,20+,21-/m0/s1. The first-order valence-electron chi connectivity index (χ1n) is 9.74. The van der Waals surface area contributed by atoms with Crippen LogP contribution in [0.3, 0.4) is 0 Å². The zero-order valence-corrected chi connectivity index (χ0v) is 16.4. The molecule has 2 N–H and O–H groups in total. The predicted octanol–water partition coefficient (Wildman–Crippen LogP) is 3.99. The Kier molecular flexibility index (Phi) is 8.05. The molecule has 2 aromatic rings. The summed E-state index contributed by atoms with van der Waals surface area (Å²) >= 11 is 0. The number of benzene rings is 2. The number of amides is 2. The molecule has 0 bridgehead atoms. The third kappa shape index (κ3) is 5.95. The number of hydrogen-bond donors (Lipinski definition) is 2. The fourth-order valence-corrected chi connectivity index (χ4v) is 3.29. The molecule has 3 atom stereocenters. The molecule has 4 nitrogen and oxygen atoms in total. The summed E-state index contributed by atoms with van der Waals surface area (Å²) in [6.45, 7) is 6.35. The summed E-state index contributed by atoms with van der Waals surface area (Å²) in [4.78, 5) is 25.2. The summed E-state index contributed by atoms with van der Waals surface area (Å²) in [7, 11) is 0. The van der Waals surface area contributed by atoms with Gasteiger partial charge in [0.05, 0.1) is 11.8 Å². The van der Waals surface area contributed by atoms with E-state index in [1.807, 2.05) is 81.4 Å². The molecule has 2 rings (SSSR count). The first-order valence-corrected chi connectivity index (χ1v) is 9.74. The Morgan fingerprint density at radius 3 is 1.67 bits per heavy atom. The fraction of sp³-hybridized carbons (Fsp3) is 0.391. The first kappa shape index (κ1) is 20.7. The van der Waals surface area contributed by atoms with Crippen molar-refractivity contribution in [3.05, 3.63) is 71.8 Å². The molecule has 0 saturated heterocycles. The number of rotatable bonds is 9. The molecule has 0 saturated carbocycles. The first-order chi connectivity index (χ1) is 13.1. The van der Waals surface area contributed by atoms with Crippen molar-refractivity contribution < 1.29 is 9.59 Å². The van der Waals surface area contributed by atoms with Gasteiger partial charge in [0.15, 0.2) is 0 Å². The fourth-order valence-electron chi connectivity index (χ4n) is 3.29. The average molecular weight is 367 g/mol. The Bertz CT molecular complexity index is 716. The molecule has 2 amide bonds. The molecule has 0 radical (unpaired) electrons. The van der Waals surface area contributed by atoms with Crippen LogP contribution in [0.15, 0.2) is 60.7 Å². The summed E-state index contributed by atoms with van der Waals surface area (Å²) in [5.41, 5.74) is 2.04. The normalized spacial score (nSPS) is 14.0. The Labute approximate surface area is 162 Å². The quantitative estimate of drug-likeness (QED) is 0.705. The molecule has 0 aromatic heterocycles. The molecule has 4 heteroatoms. The van der Waals surface area contributed by atoms with E-state index in [-0.39, 0.29) is 29.7 Å². The maximum Gasteiger partial charge on any atom is 0.227 e. The highest BCUT2D eigenvalue weighted by Crippen LogP contribution is 2.20. The van der Waals surface area contributed by atoms with E-state index in [1.165, 1.54) is 0 Å². The lowest BCUT2D eigenvalue weighted by Crippen LogP contribution is -2.44. The number of carbonyl (C=O) groups excluding carboxylic acids is 2. The Balaban J connectivity index is 1.88. The van der Waals surface area contributed by atoms with Crippen LogP contribution in [0.25, 0.3) is 0 Å². The van der Waals surface area contributed by atoms with Crippen LogP contribution in [0.4, 0.5) is 0 Å². The highest BCUT2D eigenvalue weighted by Gasteiger charge is 2.22. The Hall–Kier alpha value is -2.62. The molecular formula is C23H30N2O2. The van der Waals surface area contributed by atoms with E-state index < -0.39 is 0 Å². The lowest BCUT2D eigenvalue weighted by Gasteiger charge is -2.21. The SMILES string of the molecule is CC[C@H](C(=O)N[C@@H](C)CNC(=O)[C@H](CC)c1ccccc1)c1ccccc1. The van der Waals surface area contributed by atoms with Gasteiger partial charge in [-0.15, -0.1) is 0 Å². The van der Waals surface area contributed by atoms with E-state index in [4.69, 9.17) is 0 Å². The smallest absolute Gasteiger partial charge is 0.227 e. The monoisotopic (exact) mass is 366 g/mol. The Morgan fingerprint density at radius 2 is 1.22 bits per heavy atom. The third-order valence-electron chi connectivity index (χ3n) is 4.82. The van der Waals surface area contributed by atoms with Crippen molar-refractivity contribution in [2.24, 2.45) is 0 Å². The predicted molar refractivity (Wildman–Crippen MR) is 110 cm³/mol. The van der Waals surface area contributed by atoms with Gasteiger partial charge < -0.3 is 10.6 Å². The summed E-state index contributed by atoms with van der Waals surface area (Å²) in [6, 6.07) is 19.5. The molecular weight excluding hydrogens is 336 g/mol. The van der Waals surface area contributed by atoms with Crippen LogP contribution in [-0.4, -0.2) is 24.4 Å². The zero-order valence-electron chi connectivity index (χ0n) is 16.4. The van der Waals surface area contributed by atoms with E-state index in [0.29, 0.717) is 6.54 Å². The van der Waals surface area contributed by atoms with Gasteiger partial charge in [0.25, 0.3) is 0 Å². The molecule has 0 aliphatic rings. The minimum atomic E-state index is -0.169. The molecule has 0 heterocycles. The lowest BCUT2D eigenvalue weighted by atomic mass is 9.95. The molecule has 0 spiro atoms. The van der Waals surface area contributed by atoms with Gasteiger partial charge in [0.2, 0.25) is 11.8 Å². The van der Waals surface area contributed by atoms with Crippen LogP contribution in [-0.2, 0) is 9.59 Å². The lowest BCUT2D eigenvalue weighted by molar-refractivity contribution is -0.125. The van der Waals surface area contributed by atoms with Crippen LogP contribution in [0.5, 0.6) is 0 Å². The highest BCUT2D eigenvalue weighted by molar-refractivity contribution is 5.85. The number of hydrogen-bond acceptors (Lipinski definition) is 2. The van der Waals surface area contributed by atoms with E-state index >= 15 is 0 Å². The van der Waals surface area contributed by atoms with Crippen LogP contribution < -0.4 is 10.6 Å². The van der Waals surface area contributed by atoms with Crippen molar-refractivity contribution in [3.63, 3.8) is 0 Å². The van der Waals surface area contributed by atoms with Crippen molar-refractivity contribution in [1.29, 1.82) is 0 Å². The van der Waals surface area contributed by atoms with Gasteiger partial charge in [-0.1, -0.05) is 74.5 Å². The summed E-state index contributed by atoms with van der Waals surface area (Å²) in [5, 5.41) is 6.01. The zero-order chi connectivity index (χ0) is 19.6. The van der Waals surface area contributed by atoms with Gasteiger partial charge in [-0.05, 0) is 30.9 Å². The molecule has 0 fully saturated rings. The Morgan fingerprint density at radius 1 is 0.778 bits per heavy atom. The molecule has 0 aliphatic carbocycles. The van der Waals surface area contributed by atoms with Crippen molar-refractivity contribution in [2.45, 2.75) is 51.5 Å². The average Bonchev–Trinajstić information content (AvgIpc) is 2.69. The second-order valence-electron chi connectivity index (χ2n) is 6.90. The van der Waals surface area contributed by atoms with Gasteiger partial charge >= 0.3 is 0 Å². The molecule has 0 unspecified atom stereocenters. The summed E-state index contributed by atoms with van der Waals surface area (Å²) in [5.74, 6) is -0.334. The van der Waals surface area contributed by atoms with Gasteiger partial charge in [0, 0.05) is 12.6 Å². The maximum atomic E-state index is 12.6. The topological polar surface area (TPSA) is 58.2 Å². The van der Waals surface area contributed by atoms with E-state index in [0.717, 1.165) is 24.0 Å². The van der Waals surface area contributed by atoms with Crippen LogP contribution in [0.2, 0.25) is 0 Å². The largest absolute Gasteiger partial charge is 0.354 e. The highest BCUT2D eigenvalue weighted by atomic mass is 16.2. The van der Waals surface area contributed by atoms with Gasteiger partial charge in [-0.3, -0.25) is 9.59 Å². The van der Waals surface area contributed by atoms with Crippen LogP contribution >= 0.6 is 0 Å². The van der Waals surface area contributed by atoms with Crippen molar-refractivity contribution in [2.75, 3.05) is 6.54 Å². The maximum absolute atomic E-state index is 12.6. The van der Waals surface area contributed by atoms with E-state index in [9.17, 15) is 9.59 Å². The molecule has 27 heavy (non-hydrogen) atoms. The van der Waals surface area contributed by atoms with E-state index in [1.54, 1.807) is 0 Å². The molecule has 144 valence electrons. The number of nitrogens with one attached hydrogen (secondary N) is 2.